The summed E-state index contributed by atoms with van der Waals surface area (Å²) in [4.78, 5) is 14.3. The van der Waals surface area contributed by atoms with Gasteiger partial charge in [-0.25, -0.2) is 0 Å². The Morgan fingerprint density at radius 1 is 1.41 bits per heavy atom. The average Bonchev–Trinajstić information content (AvgIpc) is 2.54. The van der Waals surface area contributed by atoms with Crippen molar-refractivity contribution in [3.63, 3.8) is 0 Å². The molecule has 2 rings (SSSR count). The van der Waals surface area contributed by atoms with Crippen LogP contribution in [-0.2, 0) is 0 Å². The highest BCUT2D eigenvalue weighted by atomic mass is 35.5. The van der Waals surface area contributed by atoms with Gasteiger partial charge in [-0.05, 0) is 44.0 Å². The maximum Gasteiger partial charge on any atom is 0.251 e. The van der Waals surface area contributed by atoms with E-state index in [9.17, 15) is 15.0 Å². The molecule has 0 spiro atoms. The summed E-state index contributed by atoms with van der Waals surface area (Å²) in [5.74, 6) is -0.224. The Bertz CT molecular complexity index is 510. The van der Waals surface area contributed by atoms with Crippen LogP contribution in [0.25, 0.3) is 0 Å². The highest BCUT2D eigenvalue weighted by Crippen LogP contribution is 2.23. The standard InChI is InChI=1S/C16H23ClN2O3/c17-14-10-12(5-6-15(14)21)16(22)18-7-3-9-19-8-2-1-4-13(19)11-20/h5-6,10,13,20-21H,1-4,7-9,11H2,(H,18,22)/t13-/m0/s1. The number of piperidine rings is 1. The fourth-order valence-corrected chi connectivity index (χ4v) is 2.98. The Hall–Kier alpha value is -1.30. The molecule has 5 nitrogen and oxygen atoms in total. The smallest absolute Gasteiger partial charge is 0.251 e. The molecule has 3 N–H and O–H groups in total. The monoisotopic (exact) mass is 326 g/mol. The van der Waals surface area contributed by atoms with Gasteiger partial charge in [0, 0.05) is 24.7 Å². The van der Waals surface area contributed by atoms with Gasteiger partial charge in [0.15, 0.2) is 0 Å². The summed E-state index contributed by atoms with van der Waals surface area (Å²) in [5, 5.41) is 21.7. The fourth-order valence-electron chi connectivity index (χ4n) is 2.80. The summed E-state index contributed by atoms with van der Waals surface area (Å²) in [6.07, 6.45) is 4.25. The van der Waals surface area contributed by atoms with Crippen LogP contribution in [0.2, 0.25) is 5.02 Å². The summed E-state index contributed by atoms with van der Waals surface area (Å²) in [6, 6.07) is 4.68. The third-order valence-electron chi connectivity index (χ3n) is 4.08. The zero-order valence-electron chi connectivity index (χ0n) is 12.6. The summed E-state index contributed by atoms with van der Waals surface area (Å²) in [5.41, 5.74) is 0.439. The van der Waals surface area contributed by atoms with Gasteiger partial charge in [0.1, 0.15) is 5.75 Å². The van der Waals surface area contributed by atoms with E-state index in [1.807, 2.05) is 0 Å². The Balaban J connectivity index is 1.73. The molecule has 0 saturated carbocycles. The molecule has 1 saturated heterocycles. The van der Waals surface area contributed by atoms with Gasteiger partial charge in [-0.3, -0.25) is 9.69 Å². The first-order chi connectivity index (χ1) is 10.6. The largest absolute Gasteiger partial charge is 0.506 e. The number of aliphatic hydroxyl groups excluding tert-OH is 1. The molecular formula is C16H23ClN2O3. The van der Waals surface area contributed by atoms with Gasteiger partial charge < -0.3 is 15.5 Å². The third-order valence-corrected chi connectivity index (χ3v) is 4.38. The number of nitrogens with one attached hydrogen (secondary N) is 1. The van der Waals surface area contributed by atoms with Crippen LogP contribution in [-0.4, -0.2) is 53.3 Å². The number of aliphatic hydroxyl groups is 1. The minimum Gasteiger partial charge on any atom is -0.506 e. The first-order valence-electron chi connectivity index (χ1n) is 7.73. The molecule has 0 bridgehead atoms. The molecule has 0 aliphatic carbocycles. The number of phenolic OH excluding ortho intramolecular Hbond substituents is 1. The van der Waals surface area contributed by atoms with Crippen molar-refractivity contribution in [1.29, 1.82) is 0 Å². The number of halogens is 1. The number of rotatable bonds is 6. The lowest BCUT2D eigenvalue weighted by Gasteiger charge is -2.34. The van der Waals surface area contributed by atoms with Crippen molar-refractivity contribution in [2.75, 3.05) is 26.2 Å². The number of hydrogen-bond donors (Lipinski definition) is 3. The van der Waals surface area contributed by atoms with Gasteiger partial charge in [0.05, 0.1) is 11.6 Å². The molecule has 0 aromatic heterocycles. The molecule has 1 atom stereocenters. The van der Waals surface area contributed by atoms with Crippen molar-refractivity contribution in [2.24, 2.45) is 0 Å². The number of benzene rings is 1. The van der Waals surface area contributed by atoms with E-state index in [0.717, 1.165) is 25.9 Å². The normalized spacial score (nSPS) is 19.1. The van der Waals surface area contributed by atoms with Crippen LogP contribution >= 0.6 is 11.6 Å². The van der Waals surface area contributed by atoms with E-state index in [-0.39, 0.29) is 29.3 Å². The molecule has 22 heavy (non-hydrogen) atoms. The maximum atomic E-state index is 12.0. The predicted octanol–water partition coefficient (Wildman–Crippen LogP) is 2.01. The molecule has 1 aromatic carbocycles. The second-order valence-electron chi connectivity index (χ2n) is 5.64. The first-order valence-corrected chi connectivity index (χ1v) is 8.11. The molecule has 0 radical (unpaired) electrons. The molecule has 1 aliphatic rings. The zero-order valence-corrected chi connectivity index (χ0v) is 13.4. The molecule has 1 aromatic rings. The SMILES string of the molecule is O=C(NCCCN1CCCC[C@H]1CO)c1ccc(O)c(Cl)c1. The van der Waals surface area contributed by atoms with Crippen molar-refractivity contribution in [2.45, 2.75) is 31.7 Å². The first kappa shape index (κ1) is 17.1. The second kappa shape index (κ2) is 8.36. The minimum atomic E-state index is -0.195. The molecule has 0 unspecified atom stereocenters. The van der Waals surface area contributed by atoms with Crippen molar-refractivity contribution >= 4 is 17.5 Å². The van der Waals surface area contributed by atoms with Crippen molar-refractivity contribution in [3.05, 3.63) is 28.8 Å². The van der Waals surface area contributed by atoms with Crippen LogP contribution in [0.5, 0.6) is 5.75 Å². The van der Waals surface area contributed by atoms with E-state index >= 15 is 0 Å². The van der Waals surface area contributed by atoms with Gasteiger partial charge >= 0.3 is 0 Å². The van der Waals surface area contributed by atoms with Crippen molar-refractivity contribution < 1.29 is 15.0 Å². The lowest BCUT2D eigenvalue weighted by Crippen LogP contribution is -2.43. The summed E-state index contributed by atoms with van der Waals surface area (Å²) in [7, 11) is 0. The predicted molar refractivity (Wildman–Crippen MR) is 86.4 cm³/mol. The average molecular weight is 327 g/mol. The minimum absolute atomic E-state index is 0.0293. The van der Waals surface area contributed by atoms with E-state index in [4.69, 9.17) is 11.6 Å². The number of hydrogen-bond acceptors (Lipinski definition) is 4. The van der Waals surface area contributed by atoms with Crippen molar-refractivity contribution in [1.82, 2.24) is 10.2 Å². The van der Waals surface area contributed by atoms with Gasteiger partial charge in [-0.15, -0.1) is 0 Å². The second-order valence-corrected chi connectivity index (χ2v) is 6.05. The lowest BCUT2D eigenvalue weighted by atomic mass is 10.0. The van der Waals surface area contributed by atoms with E-state index in [0.29, 0.717) is 12.1 Å². The zero-order chi connectivity index (χ0) is 15.9. The molecule has 1 amide bonds. The van der Waals surface area contributed by atoms with Crippen LogP contribution in [0.15, 0.2) is 18.2 Å². The quantitative estimate of drug-likeness (QED) is 0.699. The highest BCUT2D eigenvalue weighted by Gasteiger charge is 2.20. The summed E-state index contributed by atoms with van der Waals surface area (Å²) < 4.78 is 0. The fraction of sp³-hybridized carbons (Fsp3) is 0.562. The number of nitrogens with zero attached hydrogens (tertiary/aromatic N) is 1. The van der Waals surface area contributed by atoms with Crippen LogP contribution < -0.4 is 5.32 Å². The van der Waals surface area contributed by atoms with E-state index in [1.54, 1.807) is 6.07 Å². The molecular weight excluding hydrogens is 304 g/mol. The maximum absolute atomic E-state index is 12.0. The molecule has 122 valence electrons. The highest BCUT2D eigenvalue weighted by molar-refractivity contribution is 6.32. The van der Waals surface area contributed by atoms with Gasteiger partial charge in [-0.2, -0.15) is 0 Å². The number of amides is 1. The third kappa shape index (κ3) is 4.60. The Labute approximate surface area is 135 Å². The Morgan fingerprint density at radius 3 is 2.95 bits per heavy atom. The number of carbonyl (C=O) groups is 1. The van der Waals surface area contributed by atoms with Crippen LogP contribution in [0.1, 0.15) is 36.0 Å². The molecule has 1 aliphatic heterocycles. The van der Waals surface area contributed by atoms with Crippen LogP contribution in [0, 0.1) is 0 Å². The van der Waals surface area contributed by atoms with Crippen LogP contribution in [0.4, 0.5) is 0 Å². The Kier molecular flexibility index (Phi) is 6.49. The molecule has 1 heterocycles. The molecule has 1 fully saturated rings. The van der Waals surface area contributed by atoms with Crippen LogP contribution in [0.3, 0.4) is 0 Å². The lowest BCUT2D eigenvalue weighted by molar-refractivity contribution is 0.0868. The number of carbonyl (C=O) groups excluding carboxylic acids is 1. The summed E-state index contributed by atoms with van der Waals surface area (Å²) >= 11 is 5.79. The van der Waals surface area contributed by atoms with Gasteiger partial charge in [0.2, 0.25) is 0 Å². The Morgan fingerprint density at radius 2 is 2.23 bits per heavy atom. The number of aromatic hydroxyl groups is 1. The topological polar surface area (TPSA) is 72.8 Å². The van der Waals surface area contributed by atoms with Gasteiger partial charge in [0.25, 0.3) is 5.91 Å². The molecule has 6 heteroatoms. The van der Waals surface area contributed by atoms with E-state index < -0.39 is 0 Å². The van der Waals surface area contributed by atoms with E-state index in [2.05, 4.69) is 10.2 Å². The number of likely N-dealkylation sites (tertiary alicyclic amines) is 1. The summed E-state index contributed by atoms with van der Waals surface area (Å²) in [6.45, 7) is 2.68. The van der Waals surface area contributed by atoms with Gasteiger partial charge in [-0.1, -0.05) is 18.0 Å². The van der Waals surface area contributed by atoms with Crippen molar-refractivity contribution in [3.8, 4) is 5.75 Å². The van der Waals surface area contributed by atoms with E-state index in [1.165, 1.54) is 25.0 Å². The number of phenols is 1.